The molecule has 0 radical (unpaired) electrons. The second-order valence-corrected chi connectivity index (χ2v) is 8.79. The Morgan fingerprint density at radius 2 is 1.72 bits per heavy atom. The van der Waals surface area contributed by atoms with Crippen LogP contribution in [-0.4, -0.2) is 23.4 Å². The van der Waals surface area contributed by atoms with Gasteiger partial charge >= 0.3 is 5.97 Å². The van der Waals surface area contributed by atoms with E-state index in [1.165, 1.54) is 11.8 Å². The molecule has 4 rings (SSSR count). The van der Waals surface area contributed by atoms with E-state index in [9.17, 15) is 9.59 Å². The van der Waals surface area contributed by atoms with Gasteiger partial charge < -0.3 is 9.64 Å². The molecule has 0 aliphatic carbocycles. The number of hydrogen-bond donors (Lipinski definition) is 0. The van der Waals surface area contributed by atoms with Crippen LogP contribution in [0.1, 0.15) is 39.3 Å². The highest BCUT2D eigenvalue weighted by molar-refractivity contribution is 8.04. The molecule has 0 N–H and O–H groups in total. The molecule has 0 aromatic heterocycles. The first-order chi connectivity index (χ1) is 15.6. The lowest BCUT2D eigenvalue weighted by Gasteiger charge is -2.24. The maximum atomic E-state index is 13.4. The number of amides is 1. The van der Waals surface area contributed by atoms with Crippen molar-refractivity contribution in [2.75, 3.05) is 6.61 Å². The van der Waals surface area contributed by atoms with E-state index >= 15 is 0 Å². The van der Waals surface area contributed by atoms with Crippen LogP contribution in [0.2, 0.25) is 5.02 Å². The molecular formula is C26H22ClNO3S. The summed E-state index contributed by atoms with van der Waals surface area (Å²) in [6.07, 6.45) is 1.86. The zero-order valence-corrected chi connectivity index (χ0v) is 19.1. The molecule has 32 heavy (non-hydrogen) atoms. The summed E-state index contributed by atoms with van der Waals surface area (Å²) in [6.45, 7) is 2.54. The highest BCUT2D eigenvalue weighted by Gasteiger charge is 2.37. The van der Waals surface area contributed by atoms with Crippen molar-refractivity contribution < 1.29 is 14.3 Å². The summed E-state index contributed by atoms with van der Waals surface area (Å²) in [4.78, 5) is 27.8. The number of nitrogens with zero attached hydrogens (tertiary/aromatic N) is 1. The van der Waals surface area contributed by atoms with E-state index in [1.54, 1.807) is 19.1 Å². The number of rotatable bonds is 6. The summed E-state index contributed by atoms with van der Waals surface area (Å²) in [5.41, 5.74) is 3.30. The molecule has 162 valence electrons. The van der Waals surface area contributed by atoms with Gasteiger partial charge in [-0.1, -0.05) is 84.0 Å². The van der Waals surface area contributed by atoms with Crippen molar-refractivity contribution in [1.82, 2.24) is 4.90 Å². The second kappa shape index (κ2) is 10.1. The molecule has 1 heterocycles. The number of hydrogen-bond acceptors (Lipinski definition) is 4. The first-order valence-corrected chi connectivity index (χ1v) is 11.6. The van der Waals surface area contributed by atoms with E-state index in [0.29, 0.717) is 28.6 Å². The van der Waals surface area contributed by atoms with Gasteiger partial charge in [0, 0.05) is 11.6 Å². The van der Waals surface area contributed by atoms with Gasteiger partial charge in [-0.15, -0.1) is 0 Å². The lowest BCUT2D eigenvalue weighted by molar-refractivity contribution is -0.126. The molecule has 1 aliphatic heterocycles. The van der Waals surface area contributed by atoms with E-state index in [4.69, 9.17) is 16.3 Å². The van der Waals surface area contributed by atoms with Crippen LogP contribution in [-0.2, 0) is 16.1 Å². The van der Waals surface area contributed by atoms with Crippen LogP contribution >= 0.6 is 23.4 Å². The molecule has 1 fully saturated rings. The van der Waals surface area contributed by atoms with Gasteiger partial charge in [-0.25, -0.2) is 4.79 Å². The number of benzene rings is 3. The molecule has 1 saturated heterocycles. The van der Waals surface area contributed by atoms with Crippen molar-refractivity contribution in [3.63, 3.8) is 0 Å². The van der Waals surface area contributed by atoms with Crippen molar-refractivity contribution in [2.45, 2.75) is 18.8 Å². The van der Waals surface area contributed by atoms with E-state index in [2.05, 4.69) is 0 Å². The maximum absolute atomic E-state index is 13.4. The van der Waals surface area contributed by atoms with E-state index in [-0.39, 0.29) is 17.3 Å². The number of esters is 1. The molecule has 1 aliphatic rings. The quantitative estimate of drug-likeness (QED) is 0.316. The average molecular weight is 464 g/mol. The third-order valence-electron chi connectivity index (χ3n) is 5.09. The van der Waals surface area contributed by atoms with Gasteiger partial charge in [-0.3, -0.25) is 4.79 Å². The molecule has 4 nitrogen and oxygen atoms in total. The SMILES string of the molecule is CCOC(=O)c1ccc(CN2C(=O)/C(=C/c3ccccc3Cl)SC2c2ccccc2)cc1. The summed E-state index contributed by atoms with van der Waals surface area (Å²) < 4.78 is 5.05. The van der Waals surface area contributed by atoms with Crippen LogP contribution in [0.3, 0.4) is 0 Å². The van der Waals surface area contributed by atoms with Gasteiger partial charge in [-0.05, 0) is 47.9 Å². The number of ether oxygens (including phenoxy) is 1. The fraction of sp³-hybridized carbons (Fsp3) is 0.154. The summed E-state index contributed by atoms with van der Waals surface area (Å²) in [5.74, 6) is -0.391. The van der Waals surface area contributed by atoms with E-state index in [0.717, 1.165) is 16.7 Å². The topological polar surface area (TPSA) is 46.6 Å². The molecule has 0 spiro atoms. The molecule has 1 atom stereocenters. The highest BCUT2D eigenvalue weighted by Crippen LogP contribution is 2.47. The molecule has 1 amide bonds. The van der Waals surface area contributed by atoms with Crippen molar-refractivity contribution >= 4 is 41.3 Å². The summed E-state index contributed by atoms with van der Waals surface area (Å²) in [5, 5.41) is 0.458. The number of carbonyl (C=O) groups excluding carboxylic acids is 2. The summed E-state index contributed by atoms with van der Waals surface area (Å²) in [6, 6.07) is 24.7. The van der Waals surface area contributed by atoms with Crippen molar-refractivity contribution in [2.24, 2.45) is 0 Å². The van der Waals surface area contributed by atoms with E-state index in [1.807, 2.05) is 77.7 Å². The number of halogens is 1. The van der Waals surface area contributed by atoms with Crippen LogP contribution < -0.4 is 0 Å². The standard InChI is InChI=1S/C26H22ClNO3S/c1-2-31-26(30)20-14-12-18(13-15-20)17-28-24(29)23(16-21-10-6-7-11-22(21)27)32-25(28)19-8-4-3-5-9-19/h3-16,25H,2,17H2,1H3/b23-16-. The first kappa shape index (κ1) is 22.2. The molecule has 6 heteroatoms. The number of carbonyl (C=O) groups is 2. The van der Waals surface area contributed by atoms with Gasteiger partial charge in [0.05, 0.1) is 17.1 Å². The van der Waals surface area contributed by atoms with Crippen LogP contribution in [0.25, 0.3) is 6.08 Å². The zero-order chi connectivity index (χ0) is 22.5. The normalized spacial score (nSPS) is 17.1. The lowest BCUT2D eigenvalue weighted by atomic mass is 10.1. The fourth-order valence-corrected chi connectivity index (χ4v) is 4.92. The minimum Gasteiger partial charge on any atom is -0.462 e. The molecule has 3 aromatic rings. The molecule has 1 unspecified atom stereocenters. The molecule has 0 bridgehead atoms. The zero-order valence-electron chi connectivity index (χ0n) is 17.5. The third-order valence-corrected chi connectivity index (χ3v) is 6.73. The Labute approximate surface area is 196 Å². The summed E-state index contributed by atoms with van der Waals surface area (Å²) >= 11 is 7.84. The van der Waals surface area contributed by atoms with Crippen LogP contribution in [0.4, 0.5) is 0 Å². The Morgan fingerprint density at radius 1 is 1.03 bits per heavy atom. The Balaban J connectivity index is 1.63. The van der Waals surface area contributed by atoms with Crippen molar-refractivity contribution in [1.29, 1.82) is 0 Å². The van der Waals surface area contributed by atoms with Gasteiger partial charge in [0.1, 0.15) is 5.37 Å². The lowest BCUT2D eigenvalue weighted by Crippen LogP contribution is -2.27. The van der Waals surface area contributed by atoms with Crippen molar-refractivity contribution in [3.05, 3.63) is 111 Å². The van der Waals surface area contributed by atoms with E-state index < -0.39 is 0 Å². The van der Waals surface area contributed by atoms with Gasteiger partial charge in [0.2, 0.25) is 0 Å². The monoisotopic (exact) mass is 463 g/mol. The number of thioether (sulfide) groups is 1. The van der Waals surface area contributed by atoms with Gasteiger partial charge in [0.25, 0.3) is 5.91 Å². The Hall–Kier alpha value is -3.02. The minimum atomic E-state index is -0.348. The van der Waals surface area contributed by atoms with Crippen LogP contribution in [0.15, 0.2) is 83.8 Å². The Bertz CT molecular complexity index is 1150. The van der Waals surface area contributed by atoms with Crippen molar-refractivity contribution in [3.8, 4) is 0 Å². The Morgan fingerprint density at radius 3 is 2.41 bits per heavy atom. The van der Waals surface area contributed by atoms with Gasteiger partial charge in [-0.2, -0.15) is 0 Å². The molecular weight excluding hydrogens is 442 g/mol. The third kappa shape index (κ3) is 4.90. The highest BCUT2D eigenvalue weighted by atomic mass is 35.5. The second-order valence-electron chi connectivity index (χ2n) is 7.26. The Kier molecular flexibility index (Phi) is 6.98. The largest absolute Gasteiger partial charge is 0.462 e. The fourth-order valence-electron chi connectivity index (χ4n) is 3.49. The smallest absolute Gasteiger partial charge is 0.338 e. The van der Waals surface area contributed by atoms with Gasteiger partial charge in [0.15, 0.2) is 0 Å². The summed E-state index contributed by atoms with van der Waals surface area (Å²) in [7, 11) is 0. The molecule has 0 saturated carbocycles. The van der Waals surface area contributed by atoms with Crippen LogP contribution in [0, 0.1) is 0 Å². The molecule has 3 aromatic carbocycles. The van der Waals surface area contributed by atoms with Crippen LogP contribution in [0.5, 0.6) is 0 Å². The average Bonchev–Trinajstić information content (AvgIpc) is 3.12. The predicted molar refractivity (Wildman–Crippen MR) is 129 cm³/mol. The minimum absolute atomic E-state index is 0.0433. The first-order valence-electron chi connectivity index (χ1n) is 10.3. The maximum Gasteiger partial charge on any atom is 0.338 e. The predicted octanol–water partition coefficient (Wildman–Crippen LogP) is 6.33.